The smallest absolute Gasteiger partial charge is 0.336 e. The molecule has 1 N–H and O–H groups in total. The van der Waals surface area contributed by atoms with Crippen molar-refractivity contribution in [2.24, 2.45) is 0 Å². The van der Waals surface area contributed by atoms with E-state index < -0.39 is 5.97 Å². The maximum Gasteiger partial charge on any atom is 0.336 e. The van der Waals surface area contributed by atoms with Gasteiger partial charge in [-0.1, -0.05) is 45.9 Å². The number of rotatable bonds is 13. The summed E-state index contributed by atoms with van der Waals surface area (Å²) in [6.45, 7) is 17.6. The number of benzene rings is 2. The number of carbonyl (C=O) groups is 2. The molecule has 0 saturated heterocycles. The third-order valence-corrected chi connectivity index (χ3v) is 7.47. The molecule has 0 amide bonds. The molecule has 0 fully saturated rings. The van der Waals surface area contributed by atoms with Gasteiger partial charge in [-0.2, -0.15) is 0 Å². The molecule has 0 saturated carbocycles. The van der Waals surface area contributed by atoms with Crippen molar-refractivity contribution in [2.45, 2.75) is 105 Å². The van der Waals surface area contributed by atoms with Gasteiger partial charge < -0.3 is 14.9 Å². The largest absolute Gasteiger partial charge is 0.478 e. The van der Waals surface area contributed by atoms with Crippen LogP contribution in [0.5, 0.6) is 0 Å². The maximum absolute atomic E-state index is 13.9. The monoisotopic (exact) mass is 480 g/mol. The molecule has 2 aromatic rings. The second-order valence-electron chi connectivity index (χ2n) is 9.72. The first-order valence-corrected chi connectivity index (χ1v) is 13.2. The number of carboxylic acid groups (broad SMARTS) is 1. The number of nitrogens with zero attached hydrogens (tertiary/aromatic N) is 2. The van der Waals surface area contributed by atoms with Gasteiger partial charge in [-0.05, 0) is 77.6 Å². The van der Waals surface area contributed by atoms with Crippen molar-refractivity contribution in [2.75, 3.05) is 9.80 Å². The normalized spacial score (nSPS) is 14.6. The number of carboxylic acids is 1. The topological polar surface area (TPSA) is 60.9 Å². The van der Waals surface area contributed by atoms with Crippen LogP contribution in [0.3, 0.4) is 0 Å². The maximum atomic E-state index is 13.9. The molecule has 0 bridgehead atoms. The molecule has 5 nitrogen and oxygen atoms in total. The highest BCUT2D eigenvalue weighted by molar-refractivity contribution is 6.17. The van der Waals surface area contributed by atoms with Crippen LogP contribution in [0.2, 0.25) is 0 Å². The quantitative estimate of drug-likeness (QED) is 0.302. The lowest BCUT2D eigenvalue weighted by molar-refractivity contribution is 0.0692. The predicted octanol–water partition coefficient (Wildman–Crippen LogP) is 7.42. The van der Waals surface area contributed by atoms with Crippen LogP contribution in [0.25, 0.3) is 0 Å². The molecular formula is C30H44N2O3. The van der Waals surface area contributed by atoms with Crippen LogP contribution < -0.4 is 9.80 Å². The second kappa shape index (κ2) is 12.8. The minimum absolute atomic E-state index is 0.0343. The van der Waals surface area contributed by atoms with Gasteiger partial charge in [0.25, 0.3) is 0 Å². The molecule has 0 heterocycles. The van der Waals surface area contributed by atoms with E-state index in [-0.39, 0.29) is 29.0 Å². The fourth-order valence-electron chi connectivity index (χ4n) is 4.74. The first-order chi connectivity index (χ1) is 16.6. The summed E-state index contributed by atoms with van der Waals surface area (Å²) >= 11 is 0. The number of hydrogen-bond donors (Lipinski definition) is 1. The van der Waals surface area contributed by atoms with Gasteiger partial charge in [0.05, 0.1) is 11.3 Å². The Kier molecular flexibility index (Phi) is 10.4. The number of aromatic carboxylic acids is 1. The molecule has 192 valence electrons. The van der Waals surface area contributed by atoms with E-state index in [4.69, 9.17) is 0 Å². The molecule has 2 rings (SSSR count). The Bertz CT molecular complexity index is 983. The van der Waals surface area contributed by atoms with Crippen LogP contribution >= 0.6 is 0 Å². The predicted molar refractivity (Wildman–Crippen MR) is 147 cm³/mol. The Morgan fingerprint density at radius 2 is 1.14 bits per heavy atom. The lowest BCUT2D eigenvalue weighted by Crippen LogP contribution is -2.42. The zero-order valence-electron chi connectivity index (χ0n) is 22.8. The summed E-state index contributed by atoms with van der Waals surface area (Å²) in [5, 5.41) is 9.72. The van der Waals surface area contributed by atoms with Crippen molar-refractivity contribution in [3.8, 4) is 0 Å². The third kappa shape index (κ3) is 6.25. The van der Waals surface area contributed by atoms with Gasteiger partial charge in [0.2, 0.25) is 0 Å². The van der Waals surface area contributed by atoms with Crippen LogP contribution in [-0.4, -0.2) is 41.0 Å². The standard InChI is InChI=1S/C30H44N2O3/c1-9-20(5)31(21(6)10-2)24-17-18-27(28(19-24)32(22(7)11-3)23(8)12-4)29(33)25-15-13-14-16-26(25)30(34)35/h13-23H,9-12H2,1-8H3,(H,34,35). The Balaban J connectivity index is 2.82. The average Bonchev–Trinajstić information content (AvgIpc) is 2.87. The first-order valence-electron chi connectivity index (χ1n) is 13.2. The number of ketones is 1. The van der Waals surface area contributed by atoms with E-state index in [1.807, 2.05) is 12.1 Å². The van der Waals surface area contributed by atoms with Crippen molar-refractivity contribution in [1.29, 1.82) is 0 Å². The minimum atomic E-state index is -1.09. The van der Waals surface area contributed by atoms with Crippen LogP contribution in [-0.2, 0) is 0 Å². The summed E-state index contributed by atoms with van der Waals surface area (Å²) in [5.74, 6) is -1.34. The molecule has 4 unspecified atom stereocenters. The molecule has 2 aromatic carbocycles. The van der Waals surface area contributed by atoms with Gasteiger partial charge in [0.15, 0.2) is 5.78 Å². The van der Waals surface area contributed by atoms with E-state index in [1.54, 1.807) is 18.2 Å². The molecular weight excluding hydrogens is 436 g/mol. The first kappa shape index (κ1) is 28.4. The molecule has 0 spiro atoms. The highest BCUT2D eigenvalue weighted by Crippen LogP contribution is 2.35. The van der Waals surface area contributed by atoms with Gasteiger partial charge in [0, 0.05) is 41.0 Å². The molecule has 35 heavy (non-hydrogen) atoms. The lowest BCUT2D eigenvalue weighted by Gasteiger charge is -2.40. The Labute approximate surface area is 212 Å². The Morgan fingerprint density at radius 3 is 1.60 bits per heavy atom. The highest BCUT2D eigenvalue weighted by atomic mass is 16.4. The molecule has 0 aliphatic rings. The van der Waals surface area contributed by atoms with Gasteiger partial charge >= 0.3 is 5.97 Å². The summed E-state index contributed by atoms with van der Waals surface area (Å²) in [4.78, 5) is 30.6. The molecule has 0 radical (unpaired) electrons. The Hall–Kier alpha value is -2.82. The van der Waals surface area contributed by atoms with E-state index in [9.17, 15) is 14.7 Å². The van der Waals surface area contributed by atoms with Crippen molar-refractivity contribution in [1.82, 2.24) is 0 Å². The highest BCUT2D eigenvalue weighted by Gasteiger charge is 2.28. The minimum Gasteiger partial charge on any atom is -0.478 e. The van der Waals surface area contributed by atoms with E-state index in [0.717, 1.165) is 37.1 Å². The summed E-state index contributed by atoms with van der Waals surface area (Å²) in [5.41, 5.74) is 2.79. The summed E-state index contributed by atoms with van der Waals surface area (Å²) in [6.07, 6.45) is 3.92. The molecule has 4 atom stereocenters. The average molecular weight is 481 g/mol. The van der Waals surface area contributed by atoms with Crippen molar-refractivity contribution >= 4 is 23.1 Å². The SMILES string of the molecule is CCC(C)N(c1ccc(C(=O)c2ccccc2C(=O)O)c(N(C(C)CC)C(C)CC)c1)C(C)CC. The van der Waals surface area contributed by atoms with E-state index >= 15 is 0 Å². The Morgan fingerprint density at radius 1 is 0.686 bits per heavy atom. The summed E-state index contributed by atoms with van der Waals surface area (Å²) < 4.78 is 0. The van der Waals surface area contributed by atoms with Crippen molar-refractivity contribution in [3.63, 3.8) is 0 Å². The number of carbonyl (C=O) groups excluding carboxylic acids is 1. The van der Waals surface area contributed by atoms with Crippen molar-refractivity contribution in [3.05, 3.63) is 59.2 Å². The van der Waals surface area contributed by atoms with Gasteiger partial charge in [-0.25, -0.2) is 4.79 Å². The fraction of sp³-hybridized carbons (Fsp3) is 0.533. The molecule has 0 aliphatic heterocycles. The van der Waals surface area contributed by atoms with E-state index in [2.05, 4.69) is 71.3 Å². The van der Waals surface area contributed by atoms with Gasteiger partial charge in [0.1, 0.15) is 0 Å². The molecule has 0 aromatic heterocycles. The van der Waals surface area contributed by atoms with Crippen LogP contribution in [0.15, 0.2) is 42.5 Å². The molecule has 0 aliphatic carbocycles. The number of hydrogen-bond acceptors (Lipinski definition) is 4. The molecule has 5 heteroatoms. The van der Waals surface area contributed by atoms with Crippen LogP contribution in [0.4, 0.5) is 11.4 Å². The van der Waals surface area contributed by atoms with E-state index in [0.29, 0.717) is 17.6 Å². The van der Waals surface area contributed by atoms with Crippen LogP contribution in [0.1, 0.15) is 107 Å². The lowest BCUT2D eigenvalue weighted by atomic mass is 9.94. The van der Waals surface area contributed by atoms with Gasteiger partial charge in [-0.15, -0.1) is 0 Å². The second-order valence-corrected chi connectivity index (χ2v) is 9.72. The van der Waals surface area contributed by atoms with Gasteiger partial charge in [-0.3, -0.25) is 4.79 Å². The van der Waals surface area contributed by atoms with E-state index in [1.165, 1.54) is 6.07 Å². The fourth-order valence-corrected chi connectivity index (χ4v) is 4.74. The summed E-state index contributed by atoms with van der Waals surface area (Å²) in [6, 6.07) is 13.7. The zero-order valence-corrected chi connectivity index (χ0v) is 22.8. The third-order valence-electron chi connectivity index (χ3n) is 7.47. The summed E-state index contributed by atoms with van der Waals surface area (Å²) in [7, 11) is 0. The van der Waals surface area contributed by atoms with Crippen molar-refractivity contribution < 1.29 is 14.7 Å². The number of anilines is 2. The zero-order chi connectivity index (χ0) is 26.3. The van der Waals surface area contributed by atoms with Crippen LogP contribution in [0, 0.1) is 0 Å².